The first-order valence-corrected chi connectivity index (χ1v) is 20.3. The van der Waals surface area contributed by atoms with Crippen LogP contribution in [0, 0.1) is 0 Å². The van der Waals surface area contributed by atoms with Crippen LogP contribution in [0.15, 0.2) is 60.8 Å². The van der Waals surface area contributed by atoms with Crippen molar-refractivity contribution in [3.05, 3.63) is 60.8 Å². The van der Waals surface area contributed by atoms with Gasteiger partial charge >= 0.3 is 11.9 Å². The Bertz CT molecular complexity index is 869. The summed E-state index contributed by atoms with van der Waals surface area (Å²) in [5, 5.41) is 9.52. The van der Waals surface area contributed by atoms with Crippen LogP contribution < -0.4 is 0 Å². The first kappa shape index (κ1) is 46.6. The molecule has 49 heavy (non-hydrogen) atoms. The van der Waals surface area contributed by atoms with Crippen molar-refractivity contribution in [2.24, 2.45) is 0 Å². The summed E-state index contributed by atoms with van der Waals surface area (Å²) in [7, 11) is 0. The number of ether oxygens (including phenoxy) is 2. The minimum absolute atomic E-state index is 0.0671. The van der Waals surface area contributed by atoms with Gasteiger partial charge in [-0.15, -0.1) is 0 Å². The second-order valence-corrected chi connectivity index (χ2v) is 13.3. The summed E-state index contributed by atoms with van der Waals surface area (Å²) in [6.07, 6.45) is 51.6. The van der Waals surface area contributed by atoms with Crippen molar-refractivity contribution in [2.75, 3.05) is 13.2 Å². The van der Waals surface area contributed by atoms with Crippen LogP contribution in [-0.2, 0) is 19.1 Å². The Morgan fingerprint density at radius 1 is 0.490 bits per heavy atom. The highest BCUT2D eigenvalue weighted by Crippen LogP contribution is 2.14. The summed E-state index contributed by atoms with van der Waals surface area (Å²) >= 11 is 0. The lowest BCUT2D eigenvalue weighted by molar-refractivity contribution is -0.161. The molecule has 0 aliphatic heterocycles. The smallest absolute Gasteiger partial charge is 0.306 e. The second-order valence-electron chi connectivity index (χ2n) is 13.3. The molecule has 0 spiro atoms. The Hall–Kier alpha value is -2.40. The standard InChI is InChI=1S/C44H76O5/c1-3-5-7-9-11-13-14-15-16-17-18-19-20-21-22-23-24-25-26-27-28-29-30-31-33-35-37-39-44(47)49-42(40-45)41-48-43(46)38-36-34-32-12-10-8-6-4-2/h5,7,11,13,15-16,18-19,21-22,42,45H,3-4,6,8-10,12,14,17,20,23-41H2,1-2H3/b7-5-,13-11-,16-15-,19-18-,22-21-. The van der Waals surface area contributed by atoms with Crippen LogP contribution in [0.3, 0.4) is 0 Å². The number of carbonyl (C=O) groups is 2. The molecule has 1 atom stereocenters. The molecule has 0 aromatic heterocycles. The van der Waals surface area contributed by atoms with Gasteiger partial charge in [-0.05, 0) is 57.8 Å². The number of aliphatic hydroxyl groups is 1. The highest BCUT2D eigenvalue weighted by molar-refractivity contribution is 5.70. The van der Waals surface area contributed by atoms with E-state index in [-0.39, 0.29) is 25.2 Å². The molecule has 0 amide bonds. The average Bonchev–Trinajstić information content (AvgIpc) is 3.10. The normalized spacial score (nSPS) is 12.8. The van der Waals surface area contributed by atoms with E-state index in [1.165, 1.54) is 89.9 Å². The predicted octanol–water partition coefficient (Wildman–Crippen LogP) is 12.8. The Morgan fingerprint density at radius 2 is 0.878 bits per heavy atom. The van der Waals surface area contributed by atoms with E-state index in [0.29, 0.717) is 12.8 Å². The zero-order valence-corrected chi connectivity index (χ0v) is 31.9. The van der Waals surface area contributed by atoms with Crippen LogP contribution in [-0.4, -0.2) is 36.4 Å². The van der Waals surface area contributed by atoms with Crippen molar-refractivity contribution in [1.29, 1.82) is 0 Å². The van der Waals surface area contributed by atoms with Gasteiger partial charge in [0.2, 0.25) is 0 Å². The maximum absolute atomic E-state index is 12.2. The molecule has 0 rings (SSSR count). The van der Waals surface area contributed by atoms with Crippen LogP contribution in [0.2, 0.25) is 0 Å². The van der Waals surface area contributed by atoms with Gasteiger partial charge in [0.15, 0.2) is 6.10 Å². The number of hydrogen-bond acceptors (Lipinski definition) is 5. The van der Waals surface area contributed by atoms with Crippen LogP contribution >= 0.6 is 0 Å². The van der Waals surface area contributed by atoms with Crippen molar-refractivity contribution in [3.63, 3.8) is 0 Å². The molecule has 0 aliphatic rings. The third-order valence-corrected chi connectivity index (χ3v) is 8.58. The van der Waals surface area contributed by atoms with Gasteiger partial charge in [0.1, 0.15) is 6.61 Å². The highest BCUT2D eigenvalue weighted by Gasteiger charge is 2.16. The van der Waals surface area contributed by atoms with Gasteiger partial charge in [-0.2, -0.15) is 0 Å². The fraction of sp³-hybridized carbons (Fsp3) is 0.727. The van der Waals surface area contributed by atoms with Crippen LogP contribution in [0.5, 0.6) is 0 Å². The lowest BCUT2D eigenvalue weighted by atomic mass is 10.0. The van der Waals surface area contributed by atoms with Crippen molar-refractivity contribution < 1.29 is 24.2 Å². The fourth-order valence-corrected chi connectivity index (χ4v) is 5.52. The van der Waals surface area contributed by atoms with Crippen LogP contribution in [0.4, 0.5) is 0 Å². The first-order chi connectivity index (χ1) is 24.1. The lowest BCUT2D eigenvalue weighted by Gasteiger charge is -2.15. The summed E-state index contributed by atoms with van der Waals surface area (Å²) in [5.41, 5.74) is 0. The highest BCUT2D eigenvalue weighted by atomic mass is 16.6. The van der Waals surface area contributed by atoms with Gasteiger partial charge in [-0.1, -0.05) is 177 Å². The van der Waals surface area contributed by atoms with E-state index in [0.717, 1.165) is 70.6 Å². The summed E-state index contributed by atoms with van der Waals surface area (Å²) < 4.78 is 10.6. The van der Waals surface area contributed by atoms with Crippen LogP contribution in [0.1, 0.15) is 187 Å². The van der Waals surface area contributed by atoms with Crippen molar-refractivity contribution >= 4 is 11.9 Å². The fourth-order valence-electron chi connectivity index (χ4n) is 5.52. The minimum atomic E-state index is -0.770. The van der Waals surface area contributed by atoms with Gasteiger partial charge < -0.3 is 14.6 Å². The molecule has 0 heterocycles. The summed E-state index contributed by atoms with van der Waals surface area (Å²) in [6.45, 7) is 3.98. The first-order valence-electron chi connectivity index (χ1n) is 20.3. The third kappa shape index (κ3) is 38.3. The molecule has 5 nitrogen and oxygen atoms in total. The summed E-state index contributed by atoms with van der Waals surface area (Å²) in [6, 6.07) is 0. The van der Waals surface area contributed by atoms with E-state index in [9.17, 15) is 14.7 Å². The molecule has 0 aliphatic carbocycles. The molecule has 5 heteroatoms. The van der Waals surface area contributed by atoms with E-state index >= 15 is 0 Å². The molecular weight excluding hydrogens is 608 g/mol. The molecule has 1 unspecified atom stereocenters. The number of esters is 2. The Kier molecular flexibility index (Phi) is 38.1. The predicted molar refractivity (Wildman–Crippen MR) is 210 cm³/mol. The van der Waals surface area contributed by atoms with E-state index < -0.39 is 6.10 Å². The van der Waals surface area contributed by atoms with Crippen molar-refractivity contribution in [3.8, 4) is 0 Å². The van der Waals surface area contributed by atoms with E-state index in [1.807, 2.05) is 0 Å². The molecule has 0 aromatic rings. The molecule has 0 radical (unpaired) electrons. The van der Waals surface area contributed by atoms with Gasteiger partial charge in [0.05, 0.1) is 6.61 Å². The molecule has 0 aromatic carbocycles. The minimum Gasteiger partial charge on any atom is -0.462 e. The van der Waals surface area contributed by atoms with E-state index in [4.69, 9.17) is 9.47 Å². The Labute approximate surface area is 302 Å². The van der Waals surface area contributed by atoms with Gasteiger partial charge in [-0.3, -0.25) is 9.59 Å². The molecule has 0 saturated heterocycles. The largest absolute Gasteiger partial charge is 0.462 e. The second kappa shape index (κ2) is 40.0. The number of rotatable bonds is 36. The summed E-state index contributed by atoms with van der Waals surface area (Å²) in [5.74, 6) is -0.600. The summed E-state index contributed by atoms with van der Waals surface area (Å²) in [4.78, 5) is 24.1. The third-order valence-electron chi connectivity index (χ3n) is 8.58. The lowest BCUT2D eigenvalue weighted by Crippen LogP contribution is -2.28. The molecular formula is C44H76O5. The number of carbonyl (C=O) groups excluding carboxylic acids is 2. The molecule has 0 bridgehead atoms. The number of unbranched alkanes of at least 4 members (excludes halogenated alkanes) is 18. The Morgan fingerprint density at radius 3 is 1.33 bits per heavy atom. The van der Waals surface area contributed by atoms with Gasteiger partial charge in [0.25, 0.3) is 0 Å². The maximum atomic E-state index is 12.2. The topological polar surface area (TPSA) is 72.8 Å². The van der Waals surface area contributed by atoms with E-state index in [2.05, 4.69) is 74.6 Å². The van der Waals surface area contributed by atoms with Gasteiger partial charge in [0, 0.05) is 12.8 Å². The SMILES string of the molecule is CC/C=C\C/C=C\C/C=C\C/C=C\C/C=C\CCCCCCCCCCCCCC(=O)OC(CO)COC(=O)CCCCCCCCCC. The van der Waals surface area contributed by atoms with Crippen molar-refractivity contribution in [1.82, 2.24) is 0 Å². The number of aliphatic hydroxyl groups excluding tert-OH is 1. The molecule has 1 N–H and O–H groups in total. The zero-order chi connectivity index (χ0) is 35.7. The number of allylic oxidation sites excluding steroid dienone is 10. The van der Waals surface area contributed by atoms with E-state index in [1.54, 1.807) is 0 Å². The quantitative estimate of drug-likeness (QED) is 0.0404. The van der Waals surface area contributed by atoms with Gasteiger partial charge in [-0.25, -0.2) is 0 Å². The zero-order valence-electron chi connectivity index (χ0n) is 31.9. The molecule has 0 fully saturated rings. The van der Waals surface area contributed by atoms with Crippen LogP contribution in [0.25, 0.3) is 0 Å². The van der Waals surface area contributed by atoms with Crippen molar-refractivity contribution in [2.45, 2.75) is 193 Å². The molecule has 0 saturated carbocycles. The number of hydrogen-bond donors (Lipinski definition) is 1. The maximum Gasteiger partial charge on any atom is 0.306 e. The Balaban J connectivity index is 3.52. The molecule has 282 valence electrons. The monoisotopic (exact) mass is 685 g/mol. The average molecular weight is 685 g/mol.